The molecule has 0 aliphatic carbocycles. The maximum absolute atomic E-state index is 12.3. The summed E-state index contributed by atoms with van der Waals surface area (Å²) in [4.78, 5) is 13.9. The number of anilines is 1. The number of aryl methyl sites for hydroxylation is 1. The van der Waals surface area contributed by atoms with Gasteiger partial charge in [-0.2, -0.15) is 5.10 Å². The molecule has 5 nitrogen and oxygen atoms in total. The summed E-state index contributed by atoms with van der Waals surface area (Å²) < 4.78 is 0. The number of rotatable bonds is 6. The predicted molar refractivity (Wildman–Crippen MR) is 110 cm³/mol. The monoisotopic (exact) mass is 402 g/mol. The maximum atomic E-state index is 12.3. The van der Waals surface area contributed by atoms with Gasteiger partial charge in [0.1, 0.15) is 0 Å². The van der Waals surface area contributed by atoms with Gasteiger partial charge in [-0.3, -0.25) is 5.10 Å². The van der Waals surface area contributed by atoms with E-state index in [4.69, 9.17) is 23.2 Å². The lowest BCUT2D eigenvalue weighted by Gasteiger charge is -2.18. The molecular weight excluding hydrogens is 383 g/mol. The van der Waals surface area contributed by atoms with E-state index in [1.807, 2.05) is 36.4 Å². The Balaban J connectivity index is 1.47. The normalized spacial score (nSPS) is 10.6. The molecule has 1 heterocycles. The van der Waals surface area contributed by atoms with Gasteiger partial charge in [-0.25, -0.2) is 4.79 Å². The Morgan fingerprint density at radius 3 is 2.63 bits per heavy atom. The van der Waals surface area contributed by atoms with E-state index < -0.39 is 0 Å². The van der Waals surface area contributed by atoms with Crippen LogP contribution in [0.5, 0.6) is 0 Å². The van der Waals surface area contributed by atoms with Crippen LogP contribution in [0.2, 0.25) is 10.0 Å². The first kappa shape index (κ1) is 19.3. The van der Waals surface area contributed by atoms with Crippen LogP contribution < -0.4 is 5.32 Å². The van der Waals surface area contributed by atoms with E-state index in [1.165, 1.54) is 0 Å². The lowest BCUT2D eigenvalue weighted by atomic mass is 10.1. The average Bonchev–Trinajstić information content (AvgIpc) is 3.14. The fourth-order valence-electron chi connectivity index (χ4n) is 2.65. The zero-order valence-corrected chi connectivity index (χ0v) is 16.4. The third-order valence-corrected chi connectivity index (χ3v) is 4.90. The first-order valence-corrected chi connectivity index (χ1v) is 9.35. The van der Waals surface area contributed by atoms with E-state index in [0.29, 0.717) is 22.3 Å². The third-order valence-electron chi connectivity index (χ3n) is 4.16. The fourth-order valence-corrected chi connectivity index (χ4v) is 2.95. The van der Waals surface area contributed by atoms with Crippen LogP contribution in [0.15, 0.2) is 54.6 Å². The van der Waals surface area contributed by atoms with Crippen molar-refractivity contribution in [2.24, 2.45) is 0 Å². The SMILES string of the molecule is CN(CCCc1cc(-c2ccccc2)n[nH]1)C(=O)Nc1ccc(Cl)c(Cl)c1. The zero-order valence-electron chi connectivity index (χ0n) is 14.9. The van der Waals surface area contributed by atoms with Crippen LogP contribution in [0.1, 0.15) is 12.1 Å². The van der Waals surface area contributed by atoms with Crippen molar-refractivity contribution < 1.29 is 4.79 Å². The van der Waals surface area contributed by atoms with E-state index in [2.05, 4.69) is 15.5 Å². The van der Waals surface area contributed by atoms with E-state index in [0.717, 1.165) is 29.8 Å². The van der Waals surface area contributed by atoms with Crippen molar-refractivity contribution in [1.29, 1.82) is 0 Å². The van der Waals surface area contributed by atoms with Crippen LogP contribution in [0, 0.1) is 0 Å². The molecular formula is C20H20Cl2N4O. The minimum atomic E-state index is -0.192. The van der Waals surface area contributed by atoms with E-state index in [9.17, 15) is 4.79 Å². The first-order chi connectivity index (χ1) is 13.0. The summed E-state index contributed by atoms with van der Waals surface area (Å²) in [6, 6.07) is 16.9. The smallest absolute Gasteiger partial charge is 0.321 e. The first-order valence-electron chi connectivity index (χ1n) is 8.60. The molecule has 2 amide bonds. The second kappa shape index (κ2) is 8.93. The number of halogens is 2. The predicted octanol–water partition coefficient (Wildman–Crippen LogP) is 5.48. The number of H-pyrrole nitrogens is 1. The van der Waals surface area contributed by atoms with Gasteiger partial charge >= 0.3 is 6.03 Å². The van der Waals surface area contributed by atoms with E-state index >= 15 is 0 Å². The number of amides is 2. The van der Waals surface area contributed by atoms with Crippen molar-refractivity contribution in [2.75, 3.05) is 18.9 Å². The van der Waals surface area contributed by atoms with Gasteiger partial charge in [0, 0.05) is 30.5 Å². The number of aromatic amines is 1. The highest BCUT2D eigenvalue weighted by Crippen LogP contribution is 2.25. The molecule has 0 atom stereocenters. The molecule has 0 unspecified atom stereocenters. The van der Waals surface area contributed by atoms with Crippen LogP contribution in [0.3, 0.4) is 0 Å². The molecule has 0 saturated carbocycles. The Labute approximate surface area is 168 Å². The molecule has 0 aliphatic rings. The van der Waals surface area contributed by atoms with Crippen LogP contribution in [0.4, 0.5) is 10.5 Å². The van der Waals surface area contributed by atoms with Crippen molar-refractivity contribution >= 4 is 34.9 Å². The van der Waals surface area contributed by atoms with Gasteiger partial charge in [-0.15, -0.1) is 0 Å². The summed E-state index contributed by atoms with van der Waals surface area (Å²) in [5, 5.41) is 11.1. The van der Waals surface area contributed by atoms with Gasteiger partial charge in [-0.1, -0.05) is 53.5 Å². The molecule has 0 bridgehead atoms. The maximum Gasteiger partial charge on any atom is 0.321 e. The minimum Gasteiger partial charge on any atom is -0.328 e. The van der Waals surface area contributed by atoms with Crippen molar-refractivity contribution in [3.05, 3.63) is 70.3 Å². The summed E-state index contributed by atoms with van der Waals surface area (Å²) in [7, 11) is 1.76. The number of carbonyl (C=O) groups is 1. The summed E-state index contributed by atoms with van der Waals surface area (Å²) in [6.07, 6.45) is 1.63. The quantitative estimate of drug-likeness (QED) is 0.573. The molecule has 3 rings (SSSR count). The molecule has 0 radical (unpaired) electrons. The number of benzene rings is 2. The Morgan fingerprint density at radius 2 is 1.89 bits per heavy atom. The van der Waals surface area contributed by atoms with Crippen molar-refractivity contribution in [2.45, 2.75) is 12.8 Å². The lowest BCUT2D eigenvalue weighted by Crippen LogP contribution is -2.32. The van der Waals surface area contributed by atoms with Crippen molar-refractivity contribution in [1.82, 2.24) is 15.1 Å². The number of hydrogen-bond donors (Lipinski definition) is 2. The van der Waals surface area contributed by atoms with Gasteiger partial charge in [0.2, 0.25) is 0 Å². The molecule has 0 saturated heterocycles. The number of nitrogens with zero attached hydrogens (tertiary/aromatic N) is 2. The van der Waals surface area contributed by atoms with Gasteiger partial charge < -0.3 is 10.2 Å². The Morgan fingerprint density at radius 1 is 1.11 bits per heavy atom. The Hall–Kier alpha value is -2.50. The number of nitrogens with one attached hydrogen (secondary N) is 2. The third kappa shape index (κ3) is 5.25. The Bertz CT molecular complexity index is 911. The second-order valence-corrected chi connectivity index (χ2v) is 7.04. The van der Waals surface area contributed by atoms with Crippen LogP contribution >= 0.6 is 23.2 Å². The molecule has 2 N–H and O–H groups in total. The zero-order chi connectivity index (χ0) is 19.2. The van der Waals surface area contributed by atoms with Gasteiger partial charge in [0.15, 0.2) is 0 Å². The molecule has 1 aromatic heterocycles. The highest BCUT2D eigenvalue weighted by atomic mass is 35.5. The summed E-state index contributed by atoms with van der Waals surface area (Å²) in [5.41, 5.74) is 3.67. The molecule has 2 aromatic carbocycles. The topological polar surface area (TPSA) is 61.0 Å². The molecule has 3 aromatic rings. The van der Waals surface area contributed by atoms with E-state index in [1.54, 1.807) is 30.1 Å². The lowest BCUT2D eigenvalue weighted by molar-refractivity contribution is 0.222. The van der Waals surface area contributed by atoms with Gasteiger partial charge in [0.05, 0.1) is 15.7 Å². The number of hydrogen-bond acceptors (Lipinski definition) is 2. The highest BCUT2D eigenvalue weighted by Gasteiger charge is 2.10. The fraction of sp³-hybridized carbons (Fsp3) is 0.200. The summed E-state index contributed by atoms with van der Waals surface area (Å²) in [5.74, 6) is 0. The van der Waals surface area contributed by atoms with E-state index in [-0.39, 0.29) is 6.03 Å². The van der Waals surface area contributed by atoms with Crippen LogP contribution in [-0.2, 0) is 6.42 Å². The number of carbonyl (C=O) groups excluding carboxylic acids is 1. The summed E-state index contributed by atoms with van der Waals surface area (Å²) in [6.45, 7) is 0.618. The molecule has 0 spiro atoms. The highest BCUT2D eigenvalue weighted by molar-refractivity contribution is 6.42. The molecule has 7 heteroatoms. The van der Waals surface area contributed by atoms with Crippen LogP contribution in [0.25, 0.3) is 11.3 Å². The van der Waals surface area contributed by atoms with Crippen LogP contribution in [-0.4, -0.2) is 34.7 Å². The van der Waals surface area contributed by atoms with Gasteiger partial charge in [0.25, 0.3) is 0 Å². The number of urea groups is 1. The largest absolute Gasteiger partial charge is 0.328 e. The number of aromatic nitrogens is 2. The van der Waals surface area contributed by atoms with Gasteiger partial charge in [-0.05, 0) is 37.1 Å². The molecule has 0 aliphatic heterocycles. The average molecular weight is 403 g/mol. The van der Waals surface area contributed by atoms with Crippen molar-refractivity contribution in [3.63, 3.8) is 0 Å². The van der Waals surface area contributed by atoms with Crippen molar-refractivity contribution in [3.8, 4) is 11.3 Å². The molecule has 27 heavy (non-hydrogen) atoms. The summed E-state index contributed by atoms with van der Waals surface area (Å²) >= 11 is 11.9. The Kier molecular flexibility index (Phi) is 6.37. The second-order valence-electron chi connectivity index (χ2n) is 6.23. The molecule has 140 valence electrons. The standard InChI is InChI=1S/C20H20Cl2N4O/c1-26(20(27)23-15-9-10-17(21)18(22)12-15)11-5-8-16-13-19(25-24-16)14-6-3-2-4-7-14/h2-4,6-7,9-10,12-13H,5,8,11H2,1H3,(H,23,27)(H,24,25). The molecule has 0 fully saturated rings. The minimum absolute atomic E-state index is 0.192.